The quantitative estimate of drug-likeness (QED) is 0.0524. The Hall–Kier alpha value is -6.98. The van der Waals surface area contributed by atoms with Crippen LogP contribution in [0.4, 0.5) is 11.6 Å². The van der Waals surface area contributed by atoms with Crippen LogP contribution in [0.1, 0.15) is 53.3 Å². The molecule has 3 aromatic heterocycles. The number of aromatic carboxylic acids is 1. The largest absolute Gasteiger partial charge is 0.493 e. The highest BCUT2D eigenvalue weighted by atomic mass is 127. The van der Waals surface area contributed by atoms with E-state index in [0.29, 0.717) is 110 Å². The maximum absolute atomic E-state index is 13.4. The van der Waals surface area contributed by atoms with E-state index >= 15 is 0 Å². The van der Waals surface area contributed by atoms with Crippen molar-refractivity contribution in [3.05, 3.63) is 167 Å². The Morgan fingerprint density at radius 3 is 1.52 bits per heavy atom. The summed E-state index contributed by atoms with van der Waals surface area (Å²) in [5, 5.41) is 14.0. The molecule has 0 unspecified atom stereocenters. The number of hydrogen-bond donors (Lipinski definition) is 3. The summed E-state index contributed by atoms with van der Waals surface area (Å²) in [5.74, 6) is 2.19. The molecule has 0 aliphatic carbocycles. The molecule has 0 bridgehead atoms. The topological polar surface area (TPSA) is 219 Å². The SMILES string of the molecule is COC(=O)c1cc(I)cnc1Cl.COc1ccc(CN)cc1OC.COc1ccc(CNC(=O)c2cc(-c3cc(C)cc(Cl)c3)cnc2N2CCOCC2)cc1OC.Cc1cc(Cl)cc(-c2cnc(N3CCOCC3)c(C(=O)O)c2)c1. The third kappa shape index (κ3) is 18.0. The summed E-state index contributed by atoms with van der Waals surface area (Å²) >= 11 is 20.1. The molecule has 7 aromatic rings. The molecular weight excluding hydrogens is 1220 g/mol. The number of nitrogens with one attached hydrogen (secondary N) is 1. The second kappa shape index (κ2) is 31.3. The lowest BCUT2D eigenvalue weighted by molar-refractivity contribution is 0.0599. The zero-order chi connectivity index (χ0) is 58.6. The number of anilines is 2. The first-order chi connectivity index (χ1) is 39.0. The van der Waals surface area contributed by atoms with E-state index in [1.54, 1.807) is 59.2 Å². The maximum Gasteiger partial charge on any atom is 0.341 e. The standard InChI is InChI=1S/C26H28ClN3O4.C17H17ClN2O3.C9H13NO2.C7H5ClINO2/c1-17-10-19(13-21(27)11-17)20-14-22(25(28-16-20)30-6-8-34-9-7-30)26(31)29-15-18-4-5-23(32-2)24(12-18)33-3;1-11-6-12(8-14(18)7-11)13-9-15(17(21)22)16(19-10-13)20-2-4-23-5-3-20;1-11-8-4-3-7(6-10)5-9(8)12-2;1-12-7(11)5-2-4(9)3-10-6(5)8/h4-5,10-14,16H,6-9,15H2,1-3H3,(H,29,31);6-10H,2-5H2,1H3,(H,21,22);3-5H,6,10H2,1-2H3;2-3H,1H3. The van der Waals surface area contributed by atoms with E-state index in [9.17, 15) is 19.5 Å². The lowest BCUT2D eigenvalue weighted by atomic mass is 10.0. The first-order valence-corrected chi connectivity index (χ1v) is 27.4. The van der Waals surface area contributed by atoms with Crippen LogP contribution in [0.3, 0.4) is 0 Å². The van der Waals surface area contributed by atoms with Gasteiger partial charge in [-0.05, 0) is 137 Å². The van der Waals surface area contributed by atoms with E-state index in [0.717, 1.165) is 59.6 Å². The fraction of sp³-hybridized carbons (Fsp3) is 0.288. The van der Waals surface area contributed by atoms with Gasteiger partial charge >= 0.3 is 11.9 Å². The van der Waals surface area contributed by atoms with Gasteiger partial charge in [0, 0.05) is 82.6 Å². The number of benzene rings is 4. The Balaban J connectivity index is 0.000000192. The Morgan fingerprint density at radius 2 is 1.06 bits per heavy atom. The number of aryl methyl sites for hydroxylation is 2. The minimum atomic E-state index is -0.986. The van der Waals surface area contributed by atoms with Gasteiger partial charge in [0.2, 0.25) is 0 Å². The van der Waals surface area contributed by atoms with Crippen molar-refractivity contribution in [2.45, 2.75) is 26.9 Å². The van der Waals surface area contributed by atoms with Crippen molar-refractivity contribution in [2.75, 3.05) is 98.0 Å². The molecule has 9 rings (SSSR count). The van der Waals surface area contributed by atoms with Gasteiger partial charge < -0.3 is 59.1 Å². The molecule has 2 aliphatic heterocycles. The molecule has 1 amide bonds. The number of methoxy groups -OCH3 is 5. The molecule has 0 saturated carbocycles. The molecule has 0 radical (unpaired) electrons. The van der Waals surface area contributed by atoms with Gasteiger partial charge in [-0.15, -0.1) is 0 Å². The molecule has 2 aliphatic rings. The molecule has 22 heteroatoms. The van der Waals surface area contributed by atoms with Crippen LogP contribution in [-0.2, 0) is 27.3 Å². The Bertz CT molecular complexity index is 3250. The van der Waals surface area contributed by atoms with E-state index < -0.39 is 11.9 Å². The summed E-state index contributed by atoms with van der Waals surface area (Å²) in [6.07, 6.45) is 5.07. The number of nitrogens with zero attached hydrogens (tertiary/aromatic N) is 5. The number of carbonyl (C=O) groups excluding carboxylic acids is 2. The first kappa shape index (κ1) is 63.2. The Kier molecular flexibility index (Phi) is 24.4. The molecule has 0 spiro atoms. The minimum absolute atomic E-state index is 0.169. The van der Waals surface area contributed by atoms with Crippen molar-refractivity contribution < 1.29 is 52.6 Å². The number of pyridine rings is 3. The van der Waals surface area contributed by atoms with Crippen LogP contribution in [-0.4, -0.2) is 126 Å². The molecule has 4 aromatic carbocycles. The molecule has 2 saturated heterocycles. The number of aromatic nitrogens is 3. The van der Waals surface area contributed by atoms with Crippen LogP contribution < -0.4 is 39.8 Å². The van der Waals surface area contributed by atoms with Crippen molar-refractivity contribution in [2.24, 2.45) is 5.73 Å². The number of esters is 1. The molecule has 4 N–H and O–H groups in total. The van der Waals surface area contributed by atoms with Crippen molar-refractivity contribution in [3.8, 4) is 45.3 Å². The average molecular weight is 1280 g/mol. The van der Waals surface area contributed by atoms with E-state index in [1.165, 1.54) is 7.11 Å². The summed E-state index contributed by atoms with van der Waals surface area (Å²) in [7, 11) is 7.70. The maximum atomic E-state index is 13.4. The van der Waals surface area contributed by atoms with Gasteiger partial charge in [0.15, 0.2) is 23.0 Å². The van der Waals surface area contributed by atoms with Crippen molar-refractivity contribution in [1.29, 1.82) is 0 Å². The lowest BCUT2D eigenvalue weighted by Crippen LogP contribution is -2.38. The van der Waals surface area contributed by atoms with Gasteiger partial charge in [-0.25, -0.2) is 24.5 Å². The summed E-state index contributed by atoms with van der Waals surface area (Å²) in [5.41, 5.74) is 13.8. The summed E-state index contributed by atoms with van der Waals surface area (Å²) in [4.78, 5) is 53.0. The Labute approximate surface area is 499 Å². The molecule has 0 atom stereocenters. The molecule has 428 valence electrons. The average Bonchev–Trinajstić information content (AvgIpc) is 3.51. The third-order valence-electron chi connectivity index (χ3n) is 12.4. The van der Waals surface area contributed by atoms with Crippen LogP contribution in [0.2, 0.25) is 15.2 Å². The number of amides is 1. The highest BCUT2D eigenvalue weighted by Crippen LogP contribution is 2.32. The lowest BCUT2D eigenvalue weighted by Gasteiger charge is -2.29. The Morgan fingerprint density at radius 1 is 0.593 bits per heavy atom. The highest BCUT2D eigenvalue weighted by molar-refractivity contribution is 14.1. The summed E-state index contributed by atoms with van der Waals surface area (Å²) in [6.45, 7) is 9.79. The van der Waals surface area contributed by atoms with Crippen LogP contribution >= 0.6 is 57.4 Å². The molecular formula is C59H63Cl3IN7O11. The second-order valence-electron chi connectivity index (χ2n) is 18.0. The van der Waals surface area contributed by atoms with Crippen molar-refractivity contribution in [1.82, 2.24) is 20.3 Å². The second-order valence-corrected chi connectivity index (χ2v) is 20.5. The van der Waals surface area contributed by atoms with Gasteiger partial charge in [-0.2, -0.15) is 0 Å². The zero-order valence-electron chi connectivity index (χ0n) is 45.8. The van der Waals surface area contributed by atoms with Crippen LogP contribution in [0.5, 0.6) is 23.0 Å². The summed E-state index contributed by atoms with van der Waals surface area (Å²) < 4.78 is 37.0. The predicted octanol–water partition coefficient (Wildman–Crippen LogP) is 11.0. The van der Waals surface area contributed by atoms with E-state index in [2.05, 4.69) is 24.9 Å². The van der Waals surface area contributed by atoms with Gasteiger partial charge in [0.05, 0.1) is 73.1 Å². The van der Waals surface area contributed by atoms with Gasteiger partial charge in [0.25, 0.3) is 5.91 Å². The number of carboxylic acids is 1. The molecule has 2 fully saturated rings. The van der Waals surface area contributed by atoms with E-state index in [1.807, 2.05) is 120 Å². The molecule has 18 nitrogen and oxygen atoms in total. The minimum Gasteiger partial charge on any atom is -0.493 e. The van der Waals surface area contributed by atoms with Crippen molar-refractivity contribution >= 4 is 86.9 Å². The number of ether oxygens (including phenoxy) is 7. The number of carbonyl (C=O) groups is 3. The van der Waals surface area contributed by atoms with Crippen LogP contribution in [0.15, 0.2) is 110 Å². The number of rotatable bonds is 14. The highest BCUT2D eigenvalue weighted by Gasteiger charge is 2.23. The number of nitrogens with two attached hydrogens (primary N) is 1. The van der Waals surface area contributed by atoms with E-state index in [4.69, 9.17) is 73.9 Å². The van der Waals surface area contributed by atoms with Crippen LogP contribution in [0, 0.1) is 17.4 Å². The fourth-order valence-corrected chi connectivity index (χ4v) is 9.58. The number of morpholine rings is 2. The van der Waals surface area contributed by atoms with Crippen LogP contribution in [0.25, 0.3) is 22.3 Å². The van der Waals surface area contributed by atoms with E-state index in [-0.39, 0.29) is 16.6 Å². The van der Waals surface area contributed by atoms with Crippen molar-refractivity contribution in [3.63, 3.8) is 0 Å². The third-order valence-corrected chi connectivity index (χ3v) is 13.7. The predicted molar refractivity (Wildman–Crippen MR) is 323 cm³/mol. The summed E-state index contributed by atoms with van der Waals surface area (Å²) in [6, 6.07) is 27.8. The number of halogens is 4. The van der Waals surface area contributed by atoms with Gasteiger partial charge in [-0.1, -0.05) is 59.1 Å². The van der Waals surface area contributed by atoms with Gasteiger partial charge in [0.1, 0.15) is 22.4 Å². The zero-order valence-corrected chi connectivity index (χ0v) is 50.2. The smallest absolute Gasteiger partial charge is 0.341 e. The fourth-order valence-electron chi connectivity index (χ4n) is 8.37. The molecule has 81 heavy (non-hydrogen) atoms. The number of hydrogen-bond acceptors (Lipinski definition) is 16. The normalized spacial score (nSPS) is 12.7. The number of carboxylic acid groups (broad SMARTS) is 1. The molecule has 5 heterocycles. The first-order valence-electron chi connectivity index (χ1n) is 25.2. The monoisotopic (exact) mass is 1280 g/mol. The van der Waals surface area contributed by atoms with Gasteiger partial charge in [-0.3, -0.25) is 4.79 Å².